The van der Waals surface area contributed by atoms with E-state index in [1.807, 2.05) is 0 Å². The molecule has 0 unspecified atom stereocenters. The lowest BCUT2D eigenvalue weighted by Gasteiger charge is -2.09. The highest BCUT2D eigenvalue weighted by Gasteiger charge is 2.30. The second-order valence-corrected chi connectivity index (χ2v) is 2.38. The van der Waals surface area contributed by atoms with E-state index >= 15 is 0 Å². The van der Waals surface area contributed by atoms with E-state index in [2.05, 4.69) is 9.47 Å². The molecule has 0 radical (unpaired) electrons. The van der Waals surface area contributed by atoms with Crippen LogP contribution in [-0.4, -0.2) is 38.1 Å². The number of hydrogen-bond donors (Lipinski definition) is 0. The van der Waals surface area contributed by atoms with Gasteiger partial charge in [-0.05, 0) is 0 Å². The SMILES string of the molecule is O=C(COCC(F)(F)F)OCC(F)(F)F. The Bertz CT molecular complexity index is 208. The third kappa shape index (κ3) is 10.9. The first-order chi connectivity index (χ1) is 6.60. The van der Waals surface area contributed by atoms with Crippen LogP contribution in [0.2, 0.25) is 0 Å². The maximum Gasteiger partial charge on any atom is 0.422 e. The average molecular weight is 240 g/mol. The van der Waals surface area contributed by atoms with Crippen molar-refractivity contribution in [2.24, 2.45) is 0 Å². The van der Waals surface area contributed by atoms with Gasteiger partial charge >= 0.3 is 18.3 Å². The van der Waals surface area contributed by atoms with Crippen LogP contribution < -0.4 is 0 Å². The van der Waals surface area contributed by atoms with Crippen LogP contribution >= 0.6 is 0 Å². The molecular weight excluding hydrogens is 234 g/mol. The molecule has 0 bridgehead atoms. The Kier molecular flexibility index (Phi) is 4.85. The number of carbonyl (C=O) groups excluding carboxylic acids is 1. The van der Waals surface area contributed by atoms with Crippen molar-refractivity contribution >= 4 is 5.97 Å². The van der Waals surface area contributed by atoms with Crippen molar-refractivity contribution in [2.75, 3.05) is 19.8 Å². The smallest absolute Gasteiger partial charge is 0.422 e. The van der Waals surface area contributed by atoms with E-state index in [4.69, 9.17) is 0 Å². The molecule has 0 rings (SSSR count). The molecule has 0 aromatic rings. The van der Waals surface area contributed by atoms with E-state index in [1.54, 1.807) is 0 Å². The Labute approximate surface area is 79.9 Å². The summed E-state index contributed by atoms with van der Waals surface area (Å²) in [7, 11) is 0. The van der Waals surface area contributed by atoms with Gasteiger partial charge in [-0.1, -0.05) is 0 Å². The molecule has 0 aromatic carbocycles. The van der Waals surface area contributed by atoms with E-state index in [9.17, 15) is 31.1 Å². The van der Waals surface area contributed by atoms with Gasteiger partial charge in [-0.3, -0.25) is 0 Å². The molecule has 0 aliphatic rings. The van der Waals surface area contributed by atoms with Gasteiger partial charge in [0.2, 0.25) is 0 Å². The fourth-order valence-corrected chi connectivity index (χ4v) is 0.454. The Balaban J connectivity index is 3.60. The van der Waals surface area contributed by atoms with Crippen LogP contribution in [0.3, 0.4) is 0 Å². The Morgan fingerprint density at radius 1 is 0.933 bits per heavy atom. The zero-order valence-corrected chi connectivity index (χ0v) is 7.11. The highest BCUT2D eigenvalue weighted by atomic mass is 19.4. The van der Waals surface area contributed by atoms with Crippen LogP contribution in [-0.2, 0) is 14.3 Å². The molecule has 15 heavy (non-hydrogen) atoms. The maximum atomic E-state index is 11.4. The molecule has 0 aliphatic heterocycles. The van der Waals surface area contributed by atoms with Crippen molar-refractivity contribution in [3.05, 3.63) is 0 Å². The largest absolute Gasteiger partial charge is 0.454 e. The average Bonchev–Trinajstić information content (AvgIpc) is 1.97. The van der Waals surface area contributed by atoms with E-state index < -0.39 is 38.1 Å². The van der Waals surface area contributed by atoms with E-state index in [-0.39, 0.29) is 0 Å². The van der Waals surface area contributed by atoms with Crippen LogP contribution in [0.5, 0.6) is 0 Å². The first-order valence-corrected chi connectivity index (χ1v) is 3.47. The molecule has 0 heterocycles. The molecule has 0 spiro atoms. The second-order valence-electron chi connectivity index (χ2n) is 2.38. The van der Waals surface area contributed by atoms with Crippen molar-refractivity contribution in [3.63, 3.8) is 0 Å². The monoisotopic (exact) mass is 240 g/mol. The lowest BCUT2D eigenvalue weighted by atomic mass is 10.6. The molecule has 0 amide bonds. The maximum absolute atomic E-state index is 11.4. The van der Waals surface area contributed by atoms with Gasteiger partial charge in [0, 0.05) is 0 Å². The molecule has 9 heteroatoms. The van der Waals surface area contributed by atoms with Gasteiger partial charge in [-0.25, -0.2) is 4.79 Å². The first-order valence-electron chi connectivity index (χ1n) is 3.47. The van der Waals surface area contributed by atoms with Gasteiger partial charge in [-0.2, -0.15) is 26.3 Å². The summed E-state index contributed by atoms with van der Waals surface area (Å²) in [6.45, 7) is -4.73. The fraction of sp³-hybridized carbons (Fsp3) is 0.833. The topological polar surface area (TPSA) is 35.5 Å². The number of carbonyl (C=O) groups is 1. The lowest BCUT2D eigenvalue weighted by molar-refractivity contribution is -0.197. The summed E-state index contributed by atoms with van der Waals surface area (Å²) in [5.41, 5.74) is 0. The van der Waals surface area contributed by atoms with E-state index in [0.717, 1.165) is 0 Å². The van der Waals surface area contributed by atoms with Crippen molar-refractivity contribution in [1.82, 2.24) is 0 Å². The lowest BCUT2D eigenvalue weighted by Crippen LogP contribution is -2.25. The number of hydrogen-bond acceptors (Lipinski definition) is 3. The van der Waals surface area contributed by atoms with Crippen molar-refractivity contribution in [3.8, 4) is 0 Å². The molecule has 0 N–H and O–H groups in total. The number of esters is 1. The summed E-state index contributed by atoms with van der Waals surface area (Å²) in [6.07, 6.45) is -9.34. The minimum absolute atomic E-state index is 1.17. The predicted molar refractivity (Wildman–Crippen MR) is 33.9 cm³/mol. The normalized spacial score (nSPS) is 12.7. The molecule has 0 saturated carbocycles. The molecule has 0 fully saturated rings. The summed E-state index contributed by atoms with van der Waals surface area (Å²) >= 11 is 0. The van der Waals surface area contributed by atoms with E-state index in [1.165, 1.54) is 0 Å². The standard InChI is InChI=1S/C6H6F6O3/c7-5(8,9)2-14-1-4(13)15-3-6(10,11)12/h1-3H2. The minimum atomic E-state index is -4.71. The Hall–Kier alpha value is -0.990. The third-order valence-corrected chi connectivity index (χ3v) is 0.882. The van der Waals surface area contributed by atoms with Gasteiger partial charge < -0.3 is 9.47 Å². The number of rotatable bonds is 4. The molecule has 0 atom stereocenters. The molecule has 0 aliphatic carbocycles. The molecule has 3 nitrogen and oxygen atoms in total. The van der Waals surface area contributed by atoms with Crippen LogP contribution in [0, 0.1) is 0 Å². The Morgan fingerprint density at radius 2 is 1.40 bits per heavy atom. The summed E-state index contributed by atoms with van der Waals surface area (Å²) in [5, 5.41) is 0. The third-order valence-electron chi connectivity index (χ3n) is 0.882. The summed E-state index contributed by atoms with van der Waals surface area (Å²) in [4.78, 5) is 10.4. The molecular formula is C6H6F6O3. The summed E-state index contributed by atoms with van der Waals surface area (Å²) < 4.78 is 75.9. The Morgan fingerprint density at radius 3 is 1.80 bits per heavy atom. The minimum Gasteiger partial charge on any atom is -0.454 e. The zero-order valence-electron chi connectivity index (χ0n) is 7.11. The van der Waals surface area contributed by atoms with Gasteiger partial charge in [0.25, 0.3) is 0 Å². The molecule has 0 saturated heterocycles. The number of ether oxygens (including phenoxy) is 2. The molecule has 0 aromatic heterocycles. The van der Waals surface area contributed by atoms with Crippen molar-refractivity contribution in [2.45, 2.75) is 12.4 Å². The van der Waals surface area contributed by atoms with Crippen LogP contribution in [0.4, 0.5) is 26.3 Å². The summed E-state index contributed by atoms with van der Waals surface area (Å²) in [6, 6.07) is 0. The van der Waals surface area contributed by atoms with E-state index in [0.29, 0.717) is 0 Å². The summed E-state index contributed by atoms with van der Waals surface area (Å²) in [5.74, 6) is -1.50. The van der Waals surface area contributed by atoms with Gasteiger partial charge in [0.1, 0.15) is 13.2 Å². The van der Waals surface area contributed by atoms with Crippen LogP contribution in [0.1, 0.15) is 0 Å². The second kappa shape index (κ2) is 5.19. The predicted octanol–water partition coefficient (Wildman–Crippen LogP) is 1.67. The van der Waals surface area contributed by atoms with Gasteiger partial charge in [0.15, 0.2) is 6.61 Å². The number of alkyl halides is 6. The van der Waals surface area contributed by atoms with Crippen molar-refractivity contribution < 1.29 is 40.6 Å². The molecule has 90 valence electrons. The quantitative estimate of drug-likeness (QED) is 0.553. The van der Waals surface area contributed by atoms with Gasteiger partial charge in [0.05, 0.1) is 0 Å². The van der Waals surface area contributed by atoms with Crippen molar-refractivity contribution in [1.29, 1.82) is 0 Å². The highest BCUT2D eigenvalue weighted by molar-refractivity contribution is 5.70. The fourth-order valence-electron chi connectivity index (χ4n) is 0.454. The zero-order chi connectivity index (χ0) is 12.1. The van der Waals surface area contributed by atoms with Gasteiger partial charge in [-0.15, -0.1) is 0 Å². The highest BCUT2D eigenvalue weighted by Crippen LogP contribution is 2.15. The van der Waals surface area contributed by atoms with Crippen LogP contribution in [0.25, 0.3) is 0 Å². The number of halogens is 6. The first kappa shape index (κ1) is 14.0. The van der Waals surface area contributed by atoms with Crippen LogP contribution in [0.15, 0.2) is 0 Å².